The van der Waals surface area contributed by atoms with Crippen LogP contribution in [-0.4, -0.2) is 43.2 Å². The quantitative estimate of drug-likeness (QED) is 0.509. The highest BCUT2D eigenvalue weighted by atomic mass is 35.5. The molecule has 3 nitrogen and oxygen atoms in total. The van der Waals surface area contributed by atoms with Gasteiger partial charge in [0.15, 0.2) is 0 Å². The number of benzene rings is 1. The van der Waals surface area contributed by atoms with Gasteiger partial charge in [0.05, 0.1) is 0 Å². The van der Waals surface area contributed by atoms with Gasteiger partial charge in [-0.3, -0.25) is 0 Å². The lowest BCUT2D eigenvalue weighted by Gasteiger charge is -2.46. The Morgan fingerprint density at radius 1 is 1.19 bits per heavy atom. The molecule has 1 unspecified atom stereocenters. The van der Waals surface area contributed by atoms with Crippen molar-refractivity contribution in [2.75, 3.05) is 26.2 Å². The third-order valence-corrected chi connectivity index (χ3v) is 7.41. The highest BCUT2D eigenvalue weighted by molar-refractivity contribution is 6.30. The molecular weight excluding hydrogens is 402 g/mol. The van der Waals surface area contributed by atoms with Crippen molar-refractivity contribution < 1.29 is 0 Å². The summed E-state index contributed by atoms with van der Waals surface area (Å²) in [7, 11) is 0. The number of nitrogens with two attached hydrogens (primary N) is 1. The smallest absolute Gasteiger partial charge is 0.0406 e. The second-order valence-corrected chi connectivity index (χ2v) is 10.9. The number of piperidine rings is 1. The lowest BCUT2D eigenvalue weighted by atomic mass is 9.70. The summed E-state index contributed by atoms with van der Waals surface area (Å²) in [6, 6.07) is 9.12. The zero-order chi connectivity index (χ0) is 22.4. The fourth-order valence-electron chi connectivity index (χ4n) is 5.23. The van der Waals surface area contributed by atoms with E-state index in [1.165, 1.54) is 17.6 Å². The molecule has 1 aromatic carbocycles. The van der Waals surface area contributed by atoms with Crippen molar-refractivity contribution in [2.45, 2.75) is 71.4 Å². The topological polar surface area (TPSA) is 41.3 Å². The lowest BCUT2D eigenvalue weighted by molar-refractivity contribution is 0.0793. The predicted molar refractivity (Wildman–Crippen MR) is 135 cm³/mol. The monoisotopic (exact) mass is 443 g/mol. The molecule has 0 bridgehead atoms. The van der Waals surface area contributed by atoms with Crippen molar-refractivity contribution in [2.24, 2.45) is 17.1 Å². The number of halogens is 1. The van der Waals surface area contributed by atoms with Gasteiger partial charge in [0.1, 0.15) is 0 Å². The van der Waals surface area contributed by atoms with Crippen molar-refractivity contribution in [3.05, 3.63) is 58.7 Å². The number of allylic oxidation sites excluding steroid dienone is 2. The molecule has 4 heteroatoms. The molecule has 0 amide bonds. The van der Waals surface area contributed by atoms with E-state index < -0.39 is 0 Å². The van der Waals surface area contributed by atoms with Crippen molar-refractivity contribution in [1.82, 2.24) is 10.2 Å². The van der Waals surface area contributed by atoms with Gasteiger partial charge >= 0.3 is 0 Å². The first-order valence-electron chi connectivity index (χ1n) is 12.1. The van der Waals surface area contributed by atoms with Crippen LogP contribution in [0, 0.1) is 11.3 Å². The number of nitrogens with zero attached hydrogens (tertiary/aromatic N) is 1. The molecule has 3 N–H and O–H groups in total. The Hall–Kier alpha value is -1.13. The fourth-order valence-corrected chi connectivity index (χ4v) is 5.35. The zero-order valence-electron chi connectivity index (χ0n) is 19.9. The highest BCUT2D eigenvalue weighted by Crippen LogP contribution is 2.42. The standard InChI is InChI=1S/C27H42ClN3/c1-20(2)26(30-16-14-25(29)22-8-6-5-7-9-22)18-31-17-15-24(27(3,4)19-31)21-10-12-23(28)13-11-21/h6,8-13,20,24-26,30H,5,7,14-19,29H2,1-4H3/t24-,25?,26+/m1/s1. The minimum absolute atomic E-state index is 0.144. The van der Waals surface area contributed by atoms with Gasteiger partial charge < -0.3 is 16.0 Å². The summed E-state index contributed by atoms with van der Waals surface area (Å²) in [5.41, 5.74) is 9.41. The number of hydrogen-bond donors (Lipinski definition) is 2. The first kappa shape index (κ1) is 24.5. The fraction of sp³-hybridized carbons (Fsp3) is 0.630. The molecule has 0 radical (unpaired) electrons. The van der Waals surface area contributed by atoms with Crippen molar-refractivity contribution >= 4 is 11.6 Å². The molecule has 0 spiro atoms. The molecule has 1 fully saturated rings. The summed E-state index contributed by atoms with van der Waals surface area (Å²) >= 11 is 6.11. The molecule has 1 aliphatic carbocycles. The molecular formula is C27H42ClN3. The van der Waals surface area contributed by atoms with Gasteiger partial charge in [0.25, 0.3) is 0 Å². The van der Waals surface area contributed by atoms with E-state index in [2.05, 4.69) is 68.3 Å². The number of likely N-dealkylation sites (tertiary alicyclic amines) is 1. The van der Waals surface area contributed by atoms with E-state index in [4.69, 9.17) is 17.3 Å². The summed E-state index contributed by atoms with van der Waals surface area (Å²) in [4.78, 5) is 2.66. The van der Waals surface area contributed by atoms with Gasteiger partial charge in [-0.15, -0.1) is 0 Å². The molecule has 172 valence electrons. The van der Waals surface area contributed by atoms with Crippen LogP contribution in [0.2, 0.25) is 5.02 Å². The highest BCUT2D eigenvalue weighted by Gasteiger charge is 2.37. The van der Waals surface area contributed by atoms with Crippen LogP contribution in [0.15, 0.2) is 48.1 Å². The molecule has 1 heterocycles. The maximum absolute atomic E-state index is 6.43. The van der Waals surface area contributed by atoms with E-state index in [9.17, 15) is 0 Å². The van der Waals surface area contributed by atoms with Crippen LogP contribution in [0.4, 0.5) is 0 Å². The summed E-state index contributed by atoms with van der Waals surface area (Å²) in [5, 5.41) is 4.65. The molecule has 31 heavy (non-hydrogen) atoms. The largest absolute Gasteiger partial charge is 0.324 e. The SMILES string of the molecule is CC(C)[C@H](CN1CC[C@H](c2ccc(Cl)cc2)C(C)(C)C1)NCCC(N)C1=CCCC=C1. The van der Waals surface area contributed by atoms with Crippen LogP contribution in [0.25, 0.3) is 0 Å². The molecule has 0 saturated carbocycles. The second-order valence-electron chi connectivity index (χ2n) is 10.5. The van der Waals surface area contributed by atoms with Gasteiger partial charge in [-0.1, -0.05) is 69.7 Å². The summed E-state index contributed by atoms with van der Waals surface area (Å²) in [6.07, 6.45) is 11.2. The summed E-state index contributed by atoms with van der Waals surface area (Å²) < 4.78 is 0. The average Bonchev–Trinajstić information content (AvgIpc) is 2.74. The Kier molecular flexibility index (Phi) is 8.81. The minimum atomic E-state index is 0.144. The molecule has 1 aliphatic heterocycles. The van der Waals surface area contributed by atoms with Crippen LogP contribution < -0.4 is 11.1 Å². The van der Waals surface area contributed by atoms with Crippen LogP contribution in [-0.2, 0) is 0 Å². The first-order chi connectivity index (χ1) is 14.8. The van der Waals surface area contributed by atoms with Gasteiger partial charge in [0, 0.05) is 30.2 Å². The zero-order valence-corrected chi connectivity index (χ0v) is 20.7. The number of nitrogens with one attached hydrogen (secondary N) is 1. The van der Waals surface area contributed by atoms with E-state index in [1.807, 2.05) is 12.1 Å². The normalized spacial score (nSPS) is 23.6. The first-order valence-corrected chi connectivity index (χ1v) is 12.5. The predicted octanol–water partition coefficient (Wildman–Crippen LogP) is 5.76. The van der Waals surface area contributed by atoms with Gasteiger partial charge in [-0.25, -0.2) is 0 Å². The Morgan fingerprint density at radius 2 is 1.94 bits per heavy atom. The van der Waals surface area contributed by atoms with Crippen molar-refractivity contribution in [1.29, 1.82) is 0 Å². The molecule has 3 rings (SSSR count). The Balaban J connectivity index is 1.51. The Bertz CT molecular complexity index is 750. The van der Waals surface area contributed by atoms with Crippen LogP contribution in [0.5, 0.6) is 0 Å². The Morgan fingerprint density at radius 3 is 2.55 bits per heavy atom. The van der Waals surface area contributed by atoms with Crippen LogP contribution in [0.3, 0.4) is 0 Å². The van der Waals surface area contributed by atoms with E-state index in [-0.39, 0.29) is 11.5 Å². The van der Waals surface area contributed by atoms with Crippen LogP contribution in [0.1, 0.15) is 64.9 Å². The molecule has 1 aromatic rings. The van der Waals surface area contributed by atoms with Crippen molar-refractivity contribution in [3.63, 3.8) is 0 Å². The van der Waals surface area contributed by atoms with Crippen LogP contribution >= 0.6 is 11.6 Å². The van der Waals surface area contributed by atoms with Gasteiger partial charge in [-0.2, -0.15) is 0 Å². The summed E-state index contributed by atoms with van der Waals surface area (Å²) in [5.74, 6) is 1.18. The maximum atomic E-state index is 6.43. The summed E-state index contributed by atoms with van der Waals surface area (Å²) in [6.45, 7) is 13.8. The average molecular weight is 444 g/mol. The molecule has 2 aliphatic rings. The molecule has 1 saturated heterocycles. The maximum Gasteiger partial charge on any atom is 0.0406 e. The second kappa shape index (κ2) is 11.1. The third-order valence-electron chi connectivity index (χ3n) is 7.15. The van der Waals surface area contributed by atoms with E-state index >= 15 is 0 Å². The van der Waals surface area contributed by atoms with Gasteiger partial charge in [0.2, 0.25) is 0 Å². The molecule has 0 aromatic heterocycles. The minimum Gasteiger partial charge on any atom is -0.324 e. The molecule has 3 atom stereocenters. The Labute approximate surface area is 195 Å². The van der Waals surface area contributed by atoms with Crippen molar-refractivity contribution in [3.8, 4) is 0 Å². The van der Waals surface area contributed by atoms with Gasteiger partial charge in [-0.05, 0) is 79.3 Å². The lowest BCUT2D eigenvalue weighted by Crippen LogP contribution is -2.51. The third kappa shape index (κ3) is 6.92. The van der Waals surface area contributed by atoms with E-state index in [1.54, 1.807) is 0 Å². The van der Waals surface area contributed by atoms with E-state index in [0.717, 1.165) is 50.5 Å². The number of hydrogen-bond acceptors (Lipinski definition) is 3. The van der Waals surface area contributed by atoms with E-state index in [0.29, 0.717) is 17.9 Å². The number of rotatable bonds is 9.